The van der Waals surface area contributed by atoms with Crippen LogP contribution in [0.3, 0.4) is 0 Å². The second kappa shape index (κ2) is 6.98. The van der Waals surface area contributed by atoms with Gasteiger partial charge in [-0.15, -0.1) is 11.3 Å². The molecule has 3 aromatic heterocycles. The number of thiophene rings is 1. The van der Waals surface area contributed by atoms with E-state index in [2.05, 4.69) is 10.3 Å². The summed E-state index contributed by atoms with van der Waals surface area (Å²) >= 11 is 13.8. The van der Waals surface area contributed by atoms with E-state index >= 15 is 0 Å². The number of nitrogens with zero attached hydrogens (tertiary/aromatic N) is 1. The van der Waals surface area contributed by atoms with Crippen LogP contribution in [0.5, 0.6) is 0 Å². The number of carboxylic acids is 1. The Morgan fingerprint density at radius 3 is 2.96 bits per heavy atom. The normalized spacial score (nSPS) is 12.5. The zero-order valence-corrected chi connectivity index (χ0v) is 14.6. The third kappa shape index (κ3) is 3.49. The number of fused-ring (bicyclic) bond motifs is 1. The fourth-order valence-electron chi connectivity index (χ4n) is 2.20. The second-order valence-corrected chi connectivity index (χ2v) is 6.96. The number of aromatic nitrogens is 1. The van der Waals surface area contributed by atoms with Crippen LogP contribution in [0.25, 0.3) is 10.2 Å². The standard InChI is InChI=1S/C15H13Cl2N3O3S/c16-11-5-9(19-6-7-2-1-3-23-7)14-13(20-11)12(17)10(24-14)4-8(18)15(21)22/h1-3,5,8H,4,6,18H2,(H,19,20)(H,21,22). The molecule has 0 saturated heterocycles. The van der Waals surface area contributed by atoms with Crippen molar-refractivity contribution in [2.75, 3.05) is 5.32 Å². The number of aliphatic carboxylic acids is 1. The maximum atomic E-state index is 11.0. The lowest BCUT2D eigenvalue weighted by Crippen LogP contribution is -2.31. The molecular formula is C15H13Cl2N3O3S. The molecule has 4 N–H and O–H groups in total. The van der Waals surface area contributed by atoms with Crippen LogP contribution in [-0.2, 0) is 17.8 Å². The Balaban J connectivity index is 1.95. The number of anilines is 1. The molecule has 0 aromatic carbocycles. The summed E-state index contributed by atoms with van der Waals surface area (Å²) in [5, 5.41) is 12.9. The molecule has 0 spiro atoms. The Morgan fingerprint density at radius 1 is 1.50 bits per heavy atom. The molecule has 6 nitrogen and oxygen atoms in total. The minimum absolute atomic E-state index is 0.129. The lowest BCUT2D eigenvalue weighted by atomic mass is 10.2. The zero-order valence-electron chi connectivity index (χ0n) is 12.3. The Kier molecular flexibility index (Phi) is 4.96. The van der Waals surface area contributed by atoms with Crippen molar-refractivity contribution in [2.24, 2.45) is 5.73 Å². The largest absolute Gasteiger partial charge is 0.480 e. The molecule has 3 rings (SSSR count). The van der Waals surface area contributed by atoms with Crippen LogP contribution in [0.2, 0.25) is 10.2 Å². The van der Waals surface area contributed by atoms with Crippen LogP contribution in [0.4, 0.5) is 5.69 Å². The highest BCUT2D eigenvalue weighted by Gasteiger charge is 2.20. The molecule has 0 aliphatic rings. The van der Waals surface area contributed by atoms with E-state index < -0.39 is 12.0 Å². The van der Waals surface area contributed by atoms with Crippen LogP contribution in [0.15, 0.2) is 28.9 Å². The van der Waals surface area contributed by atoms with Crippen molar-refractivity contribution in [1.82, 2.24) is 4.98 Å². The van der Waals surface area contributed by atoms with Gasteiger partial charge in [-0.1, -0.05) is 23.2 Å². The summed E-state index contributed by atoms with van der Waals surface area (Å²) in [5.41, 5.74) is 6.89. The van der Waals surface area contributed by atoms with Crippen molar-refractivity contribution in [3.63, 3.8) is 0 Å². The number of rotatable bonds is 6. The summed E-state index contributed by atoms with van der Waals surface area (Å²) < 4.78 is 6.08. The predicted octanol–water partition coefficient (Wildman–Crippen LogP) is 3.76. The molecule has 3 heterocycles. The minimum atomic E-state index is -1.08. The van der Waals surface area contributed by atoms with E-state index in [1.165, 1.54) is 11.3 Å². The molecule has 9 heteroatoms. The first kappa shape index (κ1) is 17.0. The molecule has 0 radical (unpaired) electrons. The summed E-state index contributed by atoms with van der Waals surface area (Å²) in [4.78, 5) is 15.9. The molecule has 0 aliphatic heterocycles. The van der Waals surface area contributed by atoms with Gasteiger partial charge >= 0.3 is 5.97 Å². The molecule has 0 amide bonds. The van der Waals surface area contributed by atoms with Crippen LogP contribution >= 0.6 is 34.5 Å². The first-order valence-electron chi connectivity index (χ1n) is 6.97. The van der Waals surface area contributed by atoms with Gasteiger partial charge in [0.05, 0.1) is 28.2 Å². The number of nitrogens with two attached hydrogens (primary N) is 1. The summed E-state index contributed by atoms with van der Waals surface area (Å²) in [7, 11) is 0. The lowest BCUT2D eigenvalue weighted by Gasteiger charge is -2.06. The fourth-order valence-corrected chi connectivity index (χ4v) is 3.96. The lowest BCUT2D eigenvalue weighted by molar-refractivity contribution is -0.138. The van der Waals surface area contributed by atoms with Crippen LogP contribution in [-0.4, -0.2) is 22.1 Å². The van der Waals surface area contributed by atoms with Crippen molar-refractivity contribution in [3.8, 4) is 0 Å². The fraction of sp³-hybridized carbons (Fsp3) is 0.200. The SMILES string of the molecule is NC(Cc1sc2c(NCc3ccco3)cc(Cl)nc2c1Cl)C(=O)O. The Hall–Kier alpha value is -1.80. The number of carboxylic acid groups (broad SMARTS) is 1. The number of halogens is 2. The quantitative estimate of drug-likeness (QED) is 0.558. The third-order valence-electron chi connectivity index (χ3n) is 3.38. The number of pyridine rings is 1. The highest BCUT2D eigenvalue weighted by molar-refractivity contribution is 7.20. The number of hydrogen-bond acceptors (Lipinski definition) is 6. The van der Waals surface area contributed by atoms with Gasteiger partial charge in [-0.3, -0.25) is 4.79 Å². The van der Waals surface area contributed by atoms with Crippen LogP contribution in [0.1, 0.15) is 10.6 Å². The van der Waals surface area contributed by atoms with Crippen molar-refractivity contribution in [3.05, 3.63) is 45.3 Å². The molecular weight excluding hydrogens is 373 g/mol. The molecule has 0 aliphatic carbocycles. The van der Waals surface area contributed by atoms with E-state index in [0.29, 0.717) is 27.1 Å². The van der Waals surface area contributed by atoms with E-state index in [9.17, 15) is 4.79 Å². The van der Waals surface area contributed by atoms with Crippen LogP contribution in [0, 0.1) is 0 Å². The van der Waals surface area contributed by atoms with Gasteiger partial charge in [-0.25, -0.2) is 4.98 Å². The second-order valence-electron chi connectivity index (χ2n) is 5.09. The van der Waals surface area contributed by atoms with Gasteiger partial charge in [0.2, 0.25) is 0 Å². The van der Waals surface area contributed by atoms with Gasteiger partial charge in [0.15, 0.2) is 0 Å². The monoisotopic (exact) mass is 385 g/mol. The zero-order chi connectivity index (χ0) is 17.3. The number of furan rings is 1. The molecule has 3 aromatic rings. The molecule has 0 saturated carbocycles. The van der Waals surface area contributed by atoms with Crippen molar-refractivity contribution >= 4 is 56.4 Å². The average Bonchev–Trinajstić information content (AvgIpc) is 3.15. The smallest absolute Gasteiger partial charge is 0.320 e. The molecule has 0 bridgehead atoms. The Bertz CT molecular complexity index is 880. The highest BCUT2D eigenvalue weighted by Crippen LogP contribution is 2.40. The molecule has 126 valence electrons. The summed E-state index contributed by atoms with van der Waals surface area (Å²) in [5.74, 6) is -0.308. The van der Waals surface area contributed by atoms with Crippen LogP contribution < -0.4 is 11.1 Å². The van der Waals surface area contributed by atoms with Gasteiger partial charge in [0.1, 0.15) is 22.5 Å². The maximum Gasteiger partial charge on any atom is 0.320 e. The van der Waals surface area contributed by atoms with E-state index in [1.54, 1.807) is 18.4 Å². The predicted molar refractivity (Wildman–Crippen MR) is 95.0 cm³/mol. The van der Waals surface area contributed by atoms with Crippen molar-refractivity contribution in [1.29, 1.82) is 0 Å². The topological polar surface area (TPSA) is 101 Å². The van der Waals surface area contributed by atoms with Gasteiger partial charge in [0, 0.05) is 17.4 Å². The van der Waals surface area contributed by atoms with Crippen molar-refractivity contribution in [2.45, 2.75) is 19.0 Å². The highest BCUT2D eigenvalue weighted by atomic mass is 35.5. The first-order valence-corrected chi connectivity index (χ1v) is 8.55. The average molecular weight is 386 g/mol. The van der Waals surface area contributed by atoms with E-state index in [0.717, 1.165) is 16.1 Å². The minimum Gasteiger partial charge on any atom is -0.480 e. The molecule has 0 fully saturated rings. The number of carbonyl (C=O) groups is 1. The summed E-state index contributed by atoms with van der Waals surface area (Å²) in [6.45, 7) is 0.474. The molecule has 1 atom stereocenters. The first-order chi connectivity index (χ1) is 11.5. The summed E-state index contributed by atoms with van der Waals surface area (Å²) in [6, 6.07) is 4.33. The van der Waals surface area contributed by atoms with E-state index in [-0.39, 0.29) is 6.42 Å². The Labute approximate surface area is 151 Å². The van der Waals surface area contributed by atoms with E-state index in [1.807, 2.05) is 6.07 Å². The maximum absolute atomic E-state index is 11.0. The van der Waals surface area contributed by atoms with Crippen molar-refractivity contribution < 1.29 is 14.3 Å². The number of hydrogen-bond donors (Lipinski definition) is 3. The summed E-state index contributed by atoms with van der Waals surface area (Å²) in [6.07, 6.45) is 1.73. The van der Waals surface area contributed by atoms with E-state index in [4.69, 9.17) is 38.5 Å². The Morgan fingerprint density at radius 2 is 2.29 bits per heavy atom. The van der Waals surface area contributed by atoms with Gasteiger partial charge in [-0.05, 0) is 12.1 Å². The van der Waals surface area contributed by atoms with Gasteiger partial charge in [-0.2, -0.15) is 0 Å². The molecule has 1 unspecified atom stereocenters. The number of nitrogens with one attached hydrogen (secondary N) is 1. The molecule has 24 heavy (non-hydrogen) atoms. The van der Waals surface area contributed by atoms with Gasteiger partial charge < -0.3 is 20.6 Å². The van der Waals surface area contributed by atoms with Gasteiger partial charge in [0.25, 0.3) is 0 Å². The third-order valence-corrected chi connectivity index (χ3v) is 5.32.